The topological polar surface area (TPSA) is 112 Å². The average Bonchev–Trinajstić information content (AvgIpc) is 3.16. The van der Waals surface area contributed by atoms with Gasteiger partial charge in [0.25, 0.3) is 5.91 Å². The Balaban J connectivity index is 1.36. The van der Waals surface area contributed by atoms with Gasteiger partial charge < -0.3 is 30.1 Å². The maximum absolute atomic E-state index is 15.1. The number of hydrogen-bond donors (Lipinski definition) is 3. The van der Waals surface area contributed by atoms with E-state index in [0.717, 1.165) is 11.6 Å². The summed E-state index contributed by atoms with van der Waals surface area (Å²) >= 11 is 6.32. The number of carbonyl (C=O) groups is 1. The van der Waals surface area contributed by atoms with E-state index in [-0.39, 0.29) is 46.4 Å². The van der Waals surface area contributed by atoms with Gasteiger partial charge in [-0.2, -0.15) is 4.98 Å². The molecule has 4 atom stereocenters. The predicted molar refractivity (Wildman–Crippen MR) is 149 cm³/mol. The molecule has 3 aromatic rings. The molecule has 1 saturated heterocycles. The van der Waals surface area contributed by atoms with Crippen molar-refractivity contribution in [3.63, 3.8) is 0 Å². The second-order valence-corrected chi connectivity index (χ2v) is 10.6. The number of nitrogens with one attached hydrogen (secondary N) is 2. The Morgan fingerprint density at radius 3 is 2.76 bits per heavy atom. The Bertz CT molecular complexity index is 1460. The van der Waals surface area contributed by atoms with Crippen LogP contribution in [0.2, 0.25) is 5.02 Å². The number of amides is 1. The molecular formula is C28H31ClF2N6O4. The Hall–Kier alpha value is -3.58. The molecule has 10 nitrogen and oxygen atoms in total. The highest BCUT2D eigenvalue weighted by Gasteiger charge is 2.35. The van der Waals surface area contributed by atoms with Gasteiger partial charge in [0.2, 0.25) is 11.8 Å². The number of alkyl halides is 1. The number of aliphatic hydroxyl groups excluding tert-OH is 1. The van der Waals surface area contributed by atoms with E-state index in [4.69, 9.17) is 21.1 Å². The van der Waals surface area contributed by atoms with E-state index in [9.17, 15) is 14.3 Å². The van der Waals surface area contributed by atoms with E-state index in [1.807, 2.05) is 31.0 Å². The molecule has 2 aliphatic heterocycles. The van der Waals surface area contributed by atoms with Crippen LogP contribution in [0, 0.1) is 5.82 Å². The Morgan fingerprint density at radius 2 is 2.02 bits per heavy atom. The van der Waals surface area contributed by atoms with Crippen molar-refractivity contribution in [3.8, 4) is 17.4 Å². The number of aromatic nitrogens is 2. The van der Waals surface area contributed by atoms with Crippen molar-refractivity contribution in [1.29, 1.82) is 0 Å². The van der Waals surface area contributed by atoms with Crippen LogP contribution in [-0.2, 0) is 0 Å². The zero-order chi connectivity index (χ0) is 29.4. The SMILES string of the molecule is COc1cc(C(=O)N[C@H]2CCN(C)C[C@H]2F)c(F)cc1Nc1ncc(Cl)c(Oc2cccc3c2C(O)N(C)[C@H]3C)n1. The minimum Gasteiger partial charge on any atom is -0.495 e. The Labute approximate surface area is 241 Å². The number of nitrogens with zero attached hydrogens (tertiary/aromatic N) is 4. The van der Waals surface area contributed by atoms with Gasteiger partial charge in [-0.05, 0) is 45.1 Å². The van der Waals surface area contributed by atoms with Crippen LogP contribution in [0.15, 0.2) is 36.5 Å². The third-order valence-electron chi connectivity index (χ3n) is 7.56. The van der Waals surface area contributed by atoms with Gasteiger partial charge in [-0.1, -0.05) is 23.7 Å². The van der Waals surface area contributed by atoms with Gasteiger partial charge in [0.1, 0.15) is 34.7 Å². The number of likely N-dealkylation sites (tertiary alicyclic amines) is 1. The fourth-order valence-corrected chi connectivity index (χ4v) is 5.22. The van der Waals surface area contributed by atoms with E-state index < -0.39 is 30.2 Å². The van der Waals surface area contributed by atoms with Crippen LogP contribution in [0.1, 0.15) is 47.1 Å². The highest BCUT2D eigenvalue weighted by atomic mass is 35.5. The highest BCUT2D eigenvalue weighted by Crippen LogP contribution is 2.45. The van der Waals surface area contributed by atoms with Crippen LogP contribution in [-0.4, -0.2) is 77.3 Å². The van der Waals surface area contributed by atoms with Gasteiger partial charge in [0.05, 0.1) is 30.6 Å². The second-order valence-electron chi connectivity index (χ2n) is 10.2. The van der Waals surface area contributed by atoms with Gasteiger partial charge >= 0.3 is 0 Å². The summed E-state index contributed by atoms with van der Waals surface area (Å²) < 4.78 is 40.9. The molecule has 0 saturated carbocycles. The molecule has 1 unspecified atom stereocenters. The summed E-state index contributed by atoms with van der Waals surface area (Å²) in [6, 6.07) is 7.02. The number of rotatable bonds is 7. The lowest BCUT2D eigenvalue weighted by molar-refractivity contribution is 0.0158. The number of methoxy groups -OCH3 is 1. The first-order valence-corrected chi connectivity index (χ1v) is 13.5. The van der Waals surface area contributed by atoms with E-state index in [1.54, 1.807) is 18.0 Å². The quantitative estimate of drug-likeness (QED) is 0.365. The normalized spacial score (nSPS) is 22.7. The van der Waals surface area contributed by atoms with E-state index in [0.29, 0.717) is 24.3 Å². The van der Waals surface area contributed by atoms with Crippen LogP contribution < -0.4 is 20.1 Å². The fraction of sp³-hybridized carbons (Fsp3) is 0.393. The minimum atomic E-state index is -1.26. The van der Waals surface area contributed by atoms with Crippen LogP contribution in [0.3, 0.4) is 0 Å². The number of ether oxygens (including phenoxy) is 2. The summed E-state index contributed by atoms with van der Waals surface area (Å²) in [6.07, 6.45) is -0.389. The first-order chi connectivity index (χ1) is 19.6. The monoisotopic (exact) mass is 588 g/mol. The summed E-state index contributed by atoms with van der Waals surface area (Å²) in [7, 11) is 4.98. The molecular weight excluding hydrogens is 558 g/mol. The first-order valence-electron chi connectivity index (χ1n) is 13.1. The lowest BCUT2D eigenvalue weighted by atomic mass is 10.0. The number of anilines is 2. The van der Waals surface area contributed by atoms with Crippen LogP contribution >= 0.6 is 11.6 Å². The third kappa shape index (κ3) is 5.78. The summed E-state index contributed by atoms with van der Waals surface area (Å²) in [4.78, 5) is 24.9. The molecule has 218 valence electrons. The molecule has 3 N–H and O–H groups in total. The molecule has 0 radical (unpaired) electrons. The molecule has 2 aliphatic rings. The number of benzene rings is 2. The number of halogens is 3. The molecule has 1 fully saturated rings. The summed E-state index contributed by atoms with van der Waals surface area (Å²) in [6.45, 7) is 2.79. The molecule has 3 heterocycles. The standard InChI is InChI=1S/C28H31ClF2N6O4/c1-14-15-6-5-7-22(24(15)27(39)37(14)3)41-26-17(29)12-32-28(35-26)34-21-11-18(30)16(10-23(21)40-4)25(38)33-20-8-9-36(2)13-19(20)31/h5-7,10-12,14,19-20,27,39H,8-9,13H2,1-4H3,(H,33,38)(H,32,34,35)/t14-,19+,20-,27?/m0/s1. The molecule has 41 heavy (non-hydrogen) atoms. The zero-order valence-corrected chi connectivity index (χ0v) is 23.7. The van der Waals surface area contributed by atoms with Crippen LogP contribution in [0.4, 0.5) is 20.4 Å². The second kappa shape index (κ2) is 11.7. The minimum absolute atomic E-state index is 0.0151. The van der Waals surface area contributed by atoms with Crippen molar-refractivity contribution < 1.29 is 28.2 Å². The van der Waals surface area contributed by atoms with Crippen LogP contribution in [0.5, 0.6) is 17.4 Å². The lowest BCUT2D eigenvalue weighted by Gasteiger charge is -2.32. The third-order valence-corrected chi connectivity index (χ3v) is 7.82. The molecule has 13 heteroatoms. The molecule has 0 aliphatic carbocycles. The number of hydrogen-bond acceptors (Lipinski definition) is 9. The number of piperidine rings is 1. The average molecular weight is 589 g/mol. The number of fused-ring (bicyclic) bond motifs is 1. The summed E-state index contributed by atoms with van der Waals surface area (Å²) in [5, 5.41) is 16.3. The zero-order valence-electron chi connectivity index (χ0n) is 23.0. The molecule has 5 rings (SSSR count). The molecule has 0 bridgehead atoms. The highest BCUT2D eigenvalue weighted by molar-refractivity contribution is 6.31. The van der Waals surface area contributed by atoms with Crippen LogP contribution in [0.25, 0.3) is 0 Å². The molecule has 0 spiro atoms. The molecule has 1 amide bonds. The van der Waals surface area contributed by atoms with E-state index in [2.05, 4.69) is 20.6 Å². The van der Waals surface area contributed by atoms with Gasteiger partial charge in [-0.3, -0.25) is 9.69 Å². The smallest absolute Gasteiger partial charge is 0.254 e. The largest absolute Gasteiger partial charge is 0.495 e. The lowest BCUT2D eigenvalue weighted by Crippen LogP contribution is -2.51. The predicted octanol–water partition coefficient (Wildman–Crippen LogP) is 4.58. The van der Waals surface area contributed by atoms with Gasteiger partial charge in [-0.15, -0.1) is 0 Å². The first kappa shape index (κ1) is 28.9. The number of aliphatic hydroxyl groups is 1. The van der Waals surface area contributed by atoms with Gasteiger partial charge in [-0.25, -0.2) is 13.8 Å². The van der Waals surface area contributed by atoms with Crippen molar-refractivity contribution >= 4 is 29.1 Å². The summed E-state index contributed by atoms with van der Waals surface area (Å²) in [5.41, 5.74) is 1.39. The summed E-state index contributed by atoms with van der Waals surface area (Å²) in [5.74, 6) is -1.02. The Morgan fingerprint density at radius 1 is 1.24 bits per heavy atom. The van der Waals surface area contributed by atoms with E-state index in [1.165, 1.54) is 19.4 Å². The van der Waals surface area contributed by atoms with Crippen molar-refractivity contribution in [3.05, 3.63) is 64.1 Å². The number of carbonyl (C=O) groups excluding carboxylic acids is 1. The Kier molecular flexibility index (Phi) is 8.28. The van der Waals surface area contributed by atoms with Crippen molar-refractivity contribution in [2.24, 2.45) is 0 Å². The van der Waals surface area contributed by atoms with Gasteiger partial charge in [0.15, 0.2) is 0 Å². The maximum atomic E-state index is 15.1. The van der Waals surface area contributed by atoms with Crippen molar-refractivity contribution in [2.75, 3.05) is 39.6 Å². The van der Waals surface area contributed by atoms with E-state index >= 15 is 4.39 Å². The van der Waals surface area contributed by atoms with Crippen molar-refractivity contribution in [1.82, 2.24) is 25.1 Å². The fourth-order valence-electron chi connectivity index (χ4n) is 5.09. The molecule has 2 aromatic carbocycles. The maximum Gasteiger partial charge on any atom is 0.254 e. The van der Waals surface area contributed by atoms with Crippen molar-refractivity contribution in [2.45, 2.75) is 37.8 Å². The van der Waals surface area contributed by atoms with Gasteiger partial charge in [0, 0.05) is 30.8 Å². The molecule has 1 aromatic heterocycles.